The summed E-state index contributed by atoms with van der Waals surface area (Å²) in [6.07, 6.45) is 1.04. The SMILES string of the molecule is Cc1cc(NC2CC2CO)nc(C)n1. The lowest BCUT2D eigenvalue weighted by atomic mass is 10.4. The van der Waals surface area contributed by atoms with Crippen molar-refractivity contribution < 1.29 is 5.11 Å². The number of nitrogens with one attached hydrogen (secondary N) is 1. The van der Waals surface area contributed by atoms with Gasteiger partial charge >= 0.3 is 0 Å². The van der Waals surface area contributed by atoms with Crippen LogP contribution in [0.5, 0.6) is 0 Å². The number of hydrogen-bond donors (Lipinski definition) is 2. The van der Waals surface area contributed by atoms with Crippen molar-refractivity contribution in [2.75, 3.05) is 11.9 Å². The zero-order valence-electron chi connectivity index (χ0n) is 8.49. The number of nitrogens with zero attached hydrogens (tertiary/aromatic N) is 2. The first kappa shape index (κ1) is 9.40. The molecule has 1 aromatic heterocycles. The summed E-state index contributed by atoms with van der Waals surface area (Å²) >= 11 is 0. The lowest BCUT2D eigenvalue weighted by Gasteiger charge is -2.05. The molecule has 1 saturated carbocycles. The second-order valence-electron chi connectivity index (χ2n) is 3.87. The number of anilines is 1. The molecule has 2 rings (SSSR count). The maximum absolute atomic E-state index is 8.89. The van der Waals surface area contributed by atoms with Crippen LogP contribution in [0.15, 0.2) is 6.07 Å². The fourth-order valence-electron chi connectivity index (χ4n) is 1.61. The summed E-state index contributed by atoms with van der Waals surface area (Å²) in [4.78, 5) is 8.48. The maximum atomic E-state index is 8.89. The molecule has 2 N–H and O–H groups in total. The molecule has 0 amide bonds. The van der Waals surface area contributed by atoms with Gasteiger partial charge in [-0.15, -0.1) is 0 Å². The smallest absolute Gasteiger partial charge is 0.130 e. The van der Waals surface area contributed by atoms with Crippen LogP contribution in [0.25, 0.3) is 0 Å². The van der Waals surface area contributed by atoms with E-state index in [4.69, 9.17) is 5.11 Å². The molecule has 4 nitrogen and oxygen atoms in total. The van der Waals surface area contributed by atoms with Gasteiger partial charge in [0.2, 0.25) is 0 Å². The summed E-state index contributed by atoms with van der Waals surface area (Å²) in [5, 5.41) is 12.2. The molecule has 1 aliphatic carbocycles. The second-order valence-corrected chi connectivity index (χ2v) is 3.87. The highest BCUT2D eigenvalue weighted by Gasteiger charge is 2.36. The van der Waals surface area contributed by atoms with E-state index in [-0.39, 0.29) is 6.61 Å². The summed E-state index contributed by atoms with van der Waals surface area (Å²) in [5.41, 5.74) is 0.973. The van der Waals surface area contributed by atoms with Crippen LogP contribution in [0.3, 0.4) is 0 Å². The highest BCUT2D eigenvalue weighted by Crippen LogP contribution is 2.32. The lowest BCUT2D eigenvalue weighted by molar-refractivity contribution is 0.275. The largest absolute Gasteiger partial charge is 0.396 e. The molecule has 1 aliphatic rings. The minimum absolute atomic E-state index is 0.265. The number of aromatic nitrogens is 2. The maximum Gasteiger partial charge on any atom is 0.130 e. The predicted molar refractivity (Wildman–Crippen MR) is 54.1 cm³/mol. The summed E-state index contributed by atoms with van der Waals surface area (Å²) < 4.78 is 0. The van der Waals surface area contributed by atoms with Crippen molar-refractivity contribution in [1.82, 2.24) is 9.97 Å². The van der Waals surface area contributed by atoms with Crippen molar-refractivity contribution in [3.8, 4) is 0 Å². The fraction of sp³-hybridized carbons (Fsp3) is 0.600. The van der Waals surface area contributed by atoms with Gasteiger partial charge in [-0.3, -0.25) is 0 Å². The Kier molecular flexibility index (Phi) is 2.37. The number of hydrogen-bond acceptors (Lipinski definition) is 4. The fourth-order valence-corrected chi connectivity index (χ4v) is 1.61. The van der Waals surface area contributed by atoms with E-state index in [1.165, 1.54) is 0 Å². The Morgan fingerprint density at radius 3 is 2.86 bits per heavy atom. The molecule has 0 saturated heterocycles. The third-order valence-electron chi connectivity index (χ3n) is 2.46. The van der Waals surface area contributed by atoms with Gasteiger partial charge in [0.25, 0.3) is 0 Å². The van der Waals surface area contributed by atoms with E-state index in [0.717, 1.165) is 23.8 Å². The third kappa shape index (κ3) is 2.01. The van der Waals surface area contributed by atoms with Gasteiger partial charge in [-0.05, 0) is 20.3 Å². The summed E-state index contributed by atoms with van der Waals surface area (Å²) in [6, 6.07) is 2.33. The van der Waals surface area contributed by atoms with Gasteiger partial charge in [0, 0.05) is 30.3 Å². The summed E-state index contributed by atoms with van der Waals surface area (Å²) in [6.45, 7) is 4.10. The average molecular weight is 193 g/mol. The molecule has 1 fully saturated rings. The Labute approximate surface area is 83.4 Å². The summed E-state index contributed by atoms with van der Waals surface area (Å²) in [7, 11) is 0. The van der Waals surface area contributed by atoms with Crippen molar-refractivity contribution in [2.24, 2.45) is 5.92 Å². The minimum atomic E-state index is 0.265. The van der Waals surface area contributed by atoms with Crippen LogP contribution in [0.4, 0.5) is 5.82 Å². The first-order chi connectivity index (χ1) is 6.69. The Bertz CT molecular complexity index is 320. The van der Waals surface area contributed by atoms with E-state index >= 15 is 0 Å². The van der Waals surface area contributed by atoms with Crippen LogP contribution in [0.1, 0.15) is 17.9 Å². The standard InChI is InChI=1S/C10H15N3O/c1-6-3-10(12-7(2)11-6)13-9-4-8(9)5-14/h3,8-9,14H,4-5H2,1-2H3,(H,11,12,13). The minimum Gasteiger partial charge on any atom is -0.396 e. The number of aryl methyl sites for hydroxylation is 2. The van der Waals surface area contributed by atoms with E-state index < -0.39 is 0 Å². The van der Waals surface area contributed by atoms with Crippen molar-refractivity contribution in [2.45, 2.75) is 26.3 Å². The van der Waals surface area contributed by atoms with Crippen LogP contribution in [-0.4, -0.2) is 27.7 Å². The van der Waals surface area contributed by atoms with Gasteiger partial charge in [0.15, 0.2) is 0 Å². The molecular formula is C10H15N3O. The van der Waals surface area contributed by atoms with Gasteiger partial charge in [0.05, 0.1) is 0 Å². The monoisotopic (exact) mass is 193 g/mol. The molecule has 0 bridgehead atoms. The van der Waals surface area contributed by atoms with E-state index in [2.05, 4.69) is 15.3 Å². The zero-order chi connectivity index (χ0) is 10.1. The first-order valence-corrected chi connectivity index (χ1v) is 4.88. The van der Waals surface area contributed by atoms with Crippen LogP contribution in [0.2, 0.25) is 0 Å². The molecule has 0 aliphatic heterocycles. The first-order valence-electron chi connectivity index (χ1n) is 4.88. The lowest BCUT2D eigenvalue weighted by Crippen LogP contribution is -2.09. The quantitative estimate of drug-likeness (QED) is 0.748. The molecule has 2 atom stereocenters. The number of aliphatic hydroxyl groups is 1. The van der Waals surface area contributed by atoms with E-state index in [1.54, 1.807) is 0 Å². The van der Waals surface area contributed by atoms with Gasteiger partial charge < -0.3 is 10.4 Å². The van der Waals surface area contributed by atoms with Crippen molar-refractivity contribution in [3.05, 3.63) is 17.6 Å². The molecule has 0 aromatic carbocycles. The van der Waals surface area contributed by atoms with E-state index in [9.17, 15) is 0 Å². The van der Waals surface area contributed by atoms with E-state index in [1.807, 2.05) is 19.9 Å². The van der Waals surface area contributed by atoms with Crippen molar-refractivity contribution >= 4 is 5.82 Å². The van der Waals surface area contributed by atoms with Gasteiger partial charge in [-0.25, -0.2) is 9.97 Å². The van der Waals surface area contributed by atoms with Crippen LogP contribution in [-0.2, 0) is 0 Å². The summed E-state index contributed by atoms with van der Waals surface area (Å²) in [5.74, 6) is 2.07. The van der Waals surface area contributed by atoms with Gasteiger partial charge in [0.1, 0.15) is 11.6 Å². The molecule has 0 radical (unpaired) electrons. The Hall–Kier alpha value is -1.16. The molecule has 14 heavy (non-hydrogen) atoms. The average Bonchev–Trinajstić information content (AvgIpc) is 2.81. The normalized spacial score (nSPS) is 24.8. The van der Waals surface area contributed by atoms with Crippen molar-refractivity contribution in [3.63, 3.8) is 0 Å². The second kappa shape index (κ2) is 3.53. The van der Waals surface area contributed by atoms with Crippen LogP contribution in [0, 0.1) is 19.8 Å². The number of aliphatic hydroxyl groups excluding tert-OH is 1. The topological polar surface area (TPSA) is 58.0 Å². The van der Waals surface area contributed by atoms with Crippen LogP contribution >= 0.6 is 0 Å². The molecule has 0 spiro atoms. The molecule has 1 heterocycles. The Morgan fingerprint density at radius 1 is 1.50 bits per heavy atom. The molecule has 76 valence electrons. The number of rotatable bonds is 3. The predicted octanol–water partition coefficient (Wildman–Crippen LogP) is 0.886. The van der Waals surface area contributed by atoms with Crippen molar-refractivity contribution in [1.29, 1.82) is 0 Å². The van der Waals surface area contributed by atoms with Gasteiger partial charge in [-0.1, -0.05) is 0 Å². The zero-order valence-corrected chi connectivity index (χ0v) is 8.49. The Morgan fingerprint density at radius 2 is 2.29 bits per heavy atom. The highest BCUT2D eigenvalue weighted by atomic mass is 16.3. The van der Waals surface area contributed by atoms with Gasteiger partial charge in [-0.2, -0.15) is 0 Å². The van der Waals surface area contributed by atoms with Crippen LogP contribution < -0.4 is 5.32 Å². The molecular weight excluding hydrogens is 178 g/mol. The molecule has 4 heteroatoms. The van der Waals surface area contributed by atoms with E-state index in [0.29, 0.717) is 12.0 Å². The molecule has 1 aromatic rings. The molecule has 2 unspecified atom stereocenters. The Balaban J connectivity index is 2.03. The highest BCUT2D eigenvalue weighted by molar-refractivity contribution is 5.38. The third-order valence-corrected chi connectivity index (χ3v) is 2.46.